The number of rotatable bonds is 3. The summed E-state index contributed by atoms with van der Waals surface area (Å²) in [5.74, 6) is 4.54. The lowest BCUT2D eigenvalue weighted by Gasteiger charge is -2.10. The van der Waals surface area contributed by atoms with Crippen LogP contribution in [0, 0.1) is 17.7 Å². The van der Waals surface area contributed by atoms with Gasteiger partial charge in [-0.15, -0.1) is 0 Å². The molecule has 0 aliphatic heterocycles. The predicted octanol–water partition coefficient (Wildman–Crippen LogP) is 4.11. The molecule has 150 valence electrons. The van der Waals surface area contributed by atoms with E-state index in [0.717, 1.165) is 11.6 Å². The molecular weight excluding hydrogens is 497 g/mol. The highest BCUT2D eigenvalue weighted by molar-refractivity contribution is 9.10. The lowest BCUT2D eigenvalue weighted by Crippen LogP contribution is -2.14. The second-order valence-corrected chi connectivity index (χ2v) is 9.02. The number of fused-ring (bicyclic) bond motifs is 1. The second kappa shape index (κ2) is 8.02. The Bertz CT molecular complexity index is 1450. The van der Waals surface area contributed by atoms with Crippen molar-refractivity contribution in [3.8, 4) is 11.8 Å². The van der Waals surface area contributed by atoms with Crippen LogP contribution in [0.5, 0.6) is 0 Å². The fourth-order valence-electron chi connectivity index (χ4n) is 2.53. The first kappa shape index (κ1) is 20.3. The van der Waals surface area contributed by atoms with Gasteiger partial charge < -0.3 is 0 Å². The zero-order valence-corrected chi connectivity index (χ0v) is 18.0. The van der Waals surface area contributed by atoms with Gasteiger partial charge >= 0.3 is 0 Å². The predicted molar refractivity (Wildman–Crippen MR) is 114 cm³/mol. The number of nitrogens with one attached hydrogen (secondary N) is 2. The minimum atomic E-state index is -4.07. The average Bonchev–Trinajstić information content (AvgIpc) is 3.18. The fourth-order valence-corrected chi connectivity index (χ4v) is 4.28. The van der Waals surface area contributed by atoms with Gasteiger partial charge in [0.25, 0.3) is 10.0 Å². The number of hydrogen-bond acceptors (Lipinski definition) is 5. The minimum Gasteiger partial charge on any atom is -0.277 e. The van der Waals surface area contributed by atoms with Gasteiger partial charge in [0.15, 0.2) is 11.5 Å². The largest absolute Gasteiger partial charge is 0.277 e. The third-order valence-corrected chi connectivity index (χ3v) is 6.03. The number of benzene rings is 1. The van der Waals surface area contributed by atoms with Crippen LogP contribution in [0.15, 0.2) is 58.4 Å². The Morgan fingerprint density at radius 1 is 1.13 bits per heavy atom. The van der Waals surface area contributed by atoms with E-state index in [-0.39, 0.29) is 21.2 Å². The first-order valence-corrected chi connectivity index (χ1v) is 10.9. The van der Waals surface area contributed by atoms with Crippen molar-refractivity contribution in [3.05, 3.63) is 75.5 Å². The molecule has 7 nitrogen and oxygen atoms in total. The van der Waals surface area contributed by atoms with E-state index in [1.54, 1.807) is 12.3 Å². The topological polar surface area (TPSA) is 101 Å². The summed E-state index contributed by atoms with van der Waals surface area (Å²) in [7, 11) is -4.07. The van der Waals surface area contributed by atoms with E-state index in [2.05, 4.69) is 52.7 Å². The van der Waals surface area contributed by atoms with Crippen molar-refractivity contribution < 1.29 is 12.8 Å². The maximum atomic E-state index is 15.0. The first-order chi connectivity index (χ1) is 14.3. The molecule has 0 radical (unpaired) electrons. The number of pyridine rings is 2. The van der Waals surface area contributed by atoms with Crippen LogP contribution in [-0.2, 0) is 10.0 Å². The van der Waals surface area contributed by atoms with Crippen molar-refractivity contribution in [1.29, 1.82) is 0 Å². The molecule has 0 unspecified atom stereocenters. The maximum absolute atomic E-state index is 15.0. The Balaban J connectivity index is 1.69. The monoisotopic (exact) mass is 505 g/mol. The molecule has 11 heteroatoms. The van der Waals surface area contributed by atoms with E-state index in [0.29, 0.717) is 15.7 Å². The molecule has 0 saturated heterocycles. The van der Waals surface area contributed by atoms with E-state index < -0.39 is 15.8 Å². The third kappa shape index (κ3) is 4.14. The van der Waals surface area contributed by atoms with Gasteiger partial charge in [-0.1, -0.05) is 23.4 Å². The van der Waals surface area contributed by atoms with Crippen LogP contribution in [0.1, 0.15) is 11.1 Å². The van der Waals surface area contributed by atoms with Crippen LogP contribution < -0.4 is 4.72 Å². The number of nitrogens with zero attached hydrogens (tertiary/aromatic N) is 3. The number of hydrogen-bond donors (Lipinski definition) is 2. The Morgan fingerprint density at radius 3 is 2.77 bits per heavy atom. The molecule has 1 aromatic carbocycles. The average molecular weight is 507 g/mol. The Morgan fingerprint density at radius 2 is 1.97 bits per heavy atom. The number of H-pyrrole nitrogens is 1. The van der Waals surface area contributed by atoms with Gasteiger partial charge in [0.05, 0.1) is 22.5 Å². The third-order valence-electron chi connectivity index (χ3n) is 3.95. The highest BCUT2D eigenvalue weighted by Crippen LogP contribution is 2.27. The normalized spacial score (nSPS) is 11.2. The van der Waals surface area contributed by atoms with Gasteiger partial charge in [-0.3, -0.25) is 14.8 Å². The second-order valence-electron chi connectivity index (χ2n) is 6.01. The summed E-state index contributed by atoms with van der Waals surface area (Å²) in [6.07, 6.45) is 5.69. The molecular formula is C19H10BrClFN5O2S. The number of sulfonamides is 1. The van der Waals surface area contributed by atoms with E-state index in [1.165, 1.54) is 30.6 Å². The van der Waals surface area contributed by atoms with Crippen LogP contribution in [-0.4, -0.2) is 28.6 Å². The highest BCUT2D eigenvalue weighted by atomic mass is 79.9. The van der Waals surface area contributed by atoms with Gasteiger partial charge in [0.1, 0.15) is 4.90 Å². The molecule has 3 aromatic heterocycles. The van der Waals surface area contributed by atoms with Crippen molar-refractivity contribution in [2.24, 2.45) is 0 Å². The van der Waals surface area contributed by atoms with Gasteiger partial charge in [0.2, 0.25) is 0 Å². The van der Waals surface area contributed by atoms with Gasteiger partial charge in [-0.2, -0.15) is 5.10 Å². The van der Waals surface area contributed by atoms with Crippen molar-refractivity contribution in [3.63, 3.8) is 0 Å². The fraction of sp³-hybridized carbons (Fsp3) is 0. The molecule has 4 aromatic rings. The SMILES string of the molecule is O=S(=O)(Nc1ccc(Cl)c(C#Cc2cnc3[nH]ncc3c2)c1F)c1cncc(Br)c1. The van der Waals surface area contributed by atoms with Crippen LogP contribution >= 0.6 is 27.5 Å². The lowest BCUT2D eigenvalue weighted by molar-refractivity contribution is 0.598. The van der Waals surface area contributed by atoms with E-state index in [1.807, 2.05) is 0 Å². The van der Waals surface area contributed by atoms with Gasteiger partial charge in [-0.25, -0.2) is 17.8 Å². The molecule has 30 heavy (non-hydrogen) atoms. The molecule has 2 N–H and O–H groups in total. The summed E-state index contributed by atoms with van der Waals surface area (Å²) in [5.41, 5.74) is 0.692. The van der Waals surface area contributed by atoms with Gasteiger partial charge in [-0.05, 0) is 40.2 Å². The molecule has 0 spiro atoms. The van der Waals surface area contributed by atoms with Crippen molar-refractivity contribution >= 4 is 54.3 Å². The Hall–Kier alpha value is -3.00. The summed E-state index contributed by atoms with van der Waals surface area (Å²) < 4.78 is 42.8. The van der Waals surface area contributed by atoms with Crippen LogP contribution in [0.25, 0.3) is 11.0 Å². The molecule has 0 bridgehead atoms. The maximum Gasteiger partial charge on any atom is 0.263 e. The van der Waals surface area contributed by atoms with Crippen molar-refractivity contribution in [2.75, 3.05) is 4.72 Å². The lowest BCUT2D eigenvalue weighted by atomic mass is 10.1. The number of anilines is 1. The Labute approximate surface area is 183 Å². The summed E-state index contributed by atoms with van der Waals surface area (Å²) in [4.78, 5) is 7.84. The van der Waals surface area contributed by atoms with E-state index in [4.69, 9.17) is 11.6 Å². The Kier molecular flexibility index (Phi) is 5.42. The zero-order valence-electron chi connectivity index (χ0n) is 14.8. The number of halogens is 3. The standard InChI is InChI=1S/C19H10BrClFN5O2S/c20-13-6-14(10-23-9-13)30(28,29)27-17-4-3-16(21)15(18(17)22)2-1-11-5-12-8-25-26-19(12)24-7-11/h3-10,27H,(H,24,25,26). The van der Waals surface area contributed by atoms with Gasteiger partial charge in [0, 0.05) is 34.0 Å². The highest BCUT2D eigenvalue weighted by Gasteiger charge is 2.19. The minimum absolute atomic E-state index is 0.0458. The summed E-state index contributed by atoms with van der Waals surface area (Å²) in [6.45, 7) is 0. The molecule has 0 atom stereocenters. The molecule has 0 saturated carbocycles. The summed E-state index contributed by atoms with van der Waals surface area (Å²) in [6, 6.07) is 5.68. The summed E-state index contributed by atoms with van der Waals surface area (Å²) in [5, 5.41) is 7.39. The van der Waals surface area contributed by atoms with Crippen LogP contribution in [0.3, 0.4) is 0 Å². The quantitative estimate of drug-likeness (QED) is 0.407. The molecule has 4 rings (SSSR count). The van der Waals surface area contributed by atoms with Crippen LogP contribution in [0.2, 0.25) is 5.02 Å². The van der Waals surface area contributed by atoms with Crippen molar-refractivity contribution in [1.82, 2.24) is 20.2 Å². The molecule has 0 amide bonds. The molecule has 0 aliphatic rings. The summed E-state index contributed by atoms with van der Waals surface area (Å²) >= 11 is 9.24. The first-order valence-electron chi connectivity index (χ1n) is 8.26. The molecule has 0 fully saturated rings. The molecule has 3 heterocycles. The van der Waals surface area contributed by atoms with Crippen molar-refractivity contribution in [2.45, 2.75) is 4.90 Å². The smallest absolute Gasteiger partial charge is 0.263 e. The number of aromatic amines is 1. The van der Waals surface area contributed by atoms with E-state index >= 15 is 0 Å². The van der Waals surface area contributed by atoms with Crippen LogP contribution in [0.4, 0.5) is 10.1 Å². The van der Waals surface area contributed by atoms with E-state index in [9.17, 15) is 12.8 Å². The molecule has 0 aliphatic carbocycles. The zero-order chi connectivity index (χ0) is 21.3. The number of aromatic nitrogens is 4.